The molecule has 5 nitrogen and oxygen atoms in total. The number of nitrogens with zero attached hydrogens (tertiary/aromatic N) is 2. The average molecular weight is 409 g/mol. The van der Waals surface area contributed by atoms with Crippen LogP contribution in [0.3, 0.4) is 0 Å². The summed E-state index contributed by atoms with van der Waals surface area (Å²) < 4.78 is 94.1. The summed E-state index contributed by atoms with van der Waals surface area (Å²) >= 11 is 0. The molecule has 1 aromatic carbocycles. The number of hydrogen-bond acceptors (Lipinski definition) is 3. The highest BCUT2D eigenvalue weighted by molar-refractivity contribution is 7.89. The minimum Gasteiger partial charge on any atom is -0.267 e. The van der Waals surface area contributed by atoms with Gasteiger partial charge in [0, 0.05) is 17.8 Å². The SMILES string of the molecule is O=S(=O)(NCCn1nc(C(F)(F)F)c2c1CCCC2)c1c(F)cccc1F. The lowest BCUT2D eigenvalue weighted by molar-refractivity contribution is -0.142. The van der Waals surface area contributed by atoms with Crippen molar-refractivity contribution in [3.8, 4) is 0 Å². The maximum absolute atomic E-state index is 13.7. The third-order valence-corrected chi connectivity index (χ3v) is 5.84. The molecule has 0 spiro atoms. The van der Waals surface area contributed by atoms with E-state index >= 15 is 0 Å². The van der Waals surface area contributed by atoms with Crippen LogP contribution in [0.4, 0.5) is 22.0 Å². The summed E-state index contributed by atoms with van der Waals surface area (Å²) in [6.07, 6.45) is -2.59. The van der Waals surface area contributed by atoms with Gasteiger partial charge in [-0.25, -0.2) is 21.9 Å². The van der Waals surface area contributed by atoms with Gasteiger partial charge in [-0.15, -0.1) is 0 Å². The van der Waals surface area contributed by atoms with Crippen LogP contribution in [0.5, 0.6) is 0 Å². The van der Waals surface area contributed by atoms with E-state index in [1.807, 2.05) is 4.72 Å². The van der Waals surface area contributed by atoms with Gasteiger partial charge in [0.25, 0.3) is 0 Å². The van der Waals surface area contributed by atoms with Crippen LogP contribution in [0.2, 0.25) is 0 Å². The van der Waals surface area contributed by atoms with Crippen molar-refractivity contribution >= 4 is 10.0 Å². The molecule has 2 aromatic rings. The van der Waals surface area contributed by atoms with Gasteiger partial charge in [0.2, 0.25) is 10.0 Å². The van der Waals surface area contributed by atoms with E-state index in [0.29, 0.717) is 25.0 Å². The van der Waals surface area contributed by atoms with Crippen molar-refractivity contribution in [1.82, 2.24) is 14.5 Å². The molecule has 27 heavy (non-hydrogen) atoms. The number of fused-ring (bicyclic) bond motifs is 1. The summed E-state index contributed by atoms with van der Waals surface area (Å²) in [6, 6.07) is 2.63. The van der Waals surface area contributed by atoms with Crippen molar-refractivity contribution in [2.24, 2.45) is 0 Å². The molecule has 1 aliphatic rings. The van der Waals surface area contributed by atoms with Gasteiger partial charge in [-0.05, 0) is 37.8 Å². The lowest BCUT2D eigenvalue weighted by atomic mass is 9.95. The summed E-state index contributed by atoms with van der Waals surface area (Å²) in [5, 5.41) is 3.60. The number of hydrogen-bond donors (Lipinski definition) is 1. The Morgan fingerprint density at radius 1 is 1.11 bits per heavy atom. The van der Waals surface area contributed by atoms with Crippen LogP contribution in [-0.4, -0.2) is 24.7 Å². The molecule has 3 rings (SSSR count). The molecule has 0 radical (unpaired) electrons. The fourth-order valence-corrected chi connectivity index (χ4v) is 4.33. The Kier molecular flexibility index (Phi) is 5.26. The van der Waals surface area contributed by atoms with Crippen LogP contribution < -0.4 is 4.72 Å². The minimum absolute atomic E-state index is 0.136. The van der Waals surface area contributed by atoms with Crippen molar-refractivity contribution in [3.63, 3.8) is 0 Å². The van der Waals surface area contributed by atoms with Crippen LogP contribution in [0.25, 0.3) is 0 Å². The number of aromatic nitrogens is 2. The molecule has 0 amide bonds. The first kappa shape index (κ1) is 19.7. The van der Waals surface area contributed by atoms with Crippen molar-refractivity contribution in [2.45, 2.75) is 43.3 Å². The van der Waals surface area contributed by atoms with Crippen LogP contribution in [-0.2, 0) is 35.6 Å². The van der Waals surface area contributed by atoms with E-state index < -0.39 is 38.4 Å². The van der Waals surface area contributed by atoms with E-state index in [-0.39, 0.29) is 25.1 Å². The summed E-state index contributed by atoms with van der Waals surface area (Å²) in [7, 11) is -4.50. The van der Waals surface area contributed by atoms with E-state index in [1.54, 1.807) is 0 Å². The Bertz CT molecular complexity index is 933. The molecule has 11 heteroatoms. The highest BCUT2D eigenvalue weighted by Crippen LogP contribution is 2.35. The number of alkyl halides is 3. The second-order valence-electron chi connectivity index (χ2n) is 6.15. The van der Waals surface area contributed by atoms with Crippen LogP contribution in [0.15, 0.2) is 23.1 Å². The van der Waals surface area contributed by atoms with E-state index in [0.717, 1.165) is 22.9 Å². The second-order valence-corrected chi connectivity index (χ2v) is 7.85. The van der Waals surface area contributed by atoms with Gasteiger partial charge in [0.15, 0.2) is 10.6 Å². The maximum Gasteiger partial charge on any atom is 0.435 e. The molecule has 1 N–H and O–H groups in total. The van der Waals surface area contributed by atoms with E-state index in [2.05, 4.69) is 5.10 Å². The molecule has 1 aliphatic carbocycles. The largest absolute Gasteiger partial charge is 0.435 e. The molecule has 0 fully saturated rings. The van der Waals surface area contributed by atoms with Crippen LogP contribution in [0.1, 0.15) is 29.8 Å². The van der Waals surface area contributed by atoms with Gasteiger partial charge in [-0.2, -0.15) is 18.3 Å². The topological polar surface area (TPSA) is 64.0 Å². The number of sulfonamides is 1. The molecule has 148 valence electrons. The molecule has 0 aliphatic heterocycles. The highest BCUT2D eigenvalue weighted by Gasteiger charge is 2.39. The minimum atomic E-state index is -4.59. The number of benzene rings is 1. The standard InChI is InChI=1S/C16H16F5N3O2S/c17-11-5-3-6-12(18)14(11)27(25,26)22-8-9-24-13-7-2-1-4-10(13)15(23-24)16(19,20)21/h3,5-6,22H,1-2,4,7-9H2. The van der Waals surface area contributed by atoms with Gasteiger partial charge in [0.1, 0.15) is 11.6 Å². The third-order valence-electron chi connectivity index (χ3n) is 4.33. The van der Waals surface area contributed by atoms with Gasteiger partial charge in [0.05, 0.1) is 6.54 Å². The predicted molar refractivity (Wildman–Crippen MR) is 85.4 cm³/mol. The first-order valence-corrected chi connectivity index (χ1v) is 9.69. The zero-order chi connectivity index (χ0) is 19.8. The fourth-order valence-electron chi connectivity index (χ4n) is 3.18. The highest BCUT2D eigenvalue weighted by atomic mass is 32.2. The van der Waals surface area contributed by atoms with Gasteiger partial charge in [-0.1, -0.05) is 6.07 Å². The Morgan fingerprint density at radius 3 is 2.37 bits per heavy atom. The summed E-state index contributed by atoms with van der Waals surface area (Å²) in [5.74, 6) is -2.50. The number of nitrogens with one attached hydrogen (secondary N) is 1. The van der Waals surface area contributed by atoms with Gasteiger partial charge in [-0.3, -0.25) is 4.68 Å². The lowest BCUT2D eigenvalue weighted by Gasteiger charge is -2.15. The molecule has 0 saturated carbocycles. The first-order valence-electron chi connectivity index (χ1n) is 8.20. The summed E-state index contributed by atoms with van der Waals surface area (Å²) in [4.78, 5) is -1.12. The molecule has 1 heterocycles. The summed E-state index contributed by atoms with van der Waals surface area (Å²) in [5.41, 5.74) is -0.401. The van der Waals surface area contributed by atoms with Crippen molar-refractivity contribution < 1.29 is 30.4 Å². The Balaban J connectivity index is 1.79. The second kappa shape index (κ2) is 7.19. The zero-order valence-electron chi connectivity index (χ0n) is 14.0. The lowest BCUT2D eigenvalue weighted by Crippen LogP contribution is -2.29. The van der Waals surface area contributed by atoms with Crippen molar-refractivity contribution in [1.29, 1.82) is 0 Å². The monoisotopic (exact) mass is 409 g/mol. The van der Waals surface area contributed by atoms with Gasteiger partial charge >= 0.3 is 6.18 Å². The third kappa shape index (κ3) is 3.98. The predicted octanol–water partition coefficient (Wildman–Crippen LogP) is 3.04. The van der Waals surface area contributed by atoms with Crippen LogP contribution in [0, 0.1) is 11.6 Å². The fraction of sp³-hybridized carbons (Fsp3) is 0.438. The molecule has 0 atom stereocenters. The van der Waals surface area contributed by atoms with Crippen LogP contribution >= 0.6 is 0 Å². The number of rotatable bonds is 5. The number of halogens is 5. The van der Waals surface area contributed by atoms with Gasteiger partial charge < -0.3 is 0 Å². The Hall–Kier alpha value is -2.01. The summed E-state index contributed by atoms with van der Waals surface area (Å²) in [6.45, 7) is -0.546. The van der Waals surface area contributed by atoms with E-state index in [4.69, 9.17) is 0 Å². The Morgan fingerprint density at radius 2 is 1.74 bits per heavy atom. The Labute approximate surface area is 152 Å². The first-order chi connectivity index (χ1) is 12.6. The average Bonchev–Trinajstić information content (AvgIpc) is 2.93. The maximum atomic E-state index is 13.7. The normalized spacial score (nSPS) is 15.0. The van der Waals surface area contributed by atoms with Crippen molar-refractivity contribution in [2.75, 3.05) is 6.54 Å². The molecule has 0 bridgehead atoms. The quantitative estimate of drug-likeness (QED) is 0.773. The molecule has 0 unspecified atom stereocenters. The molecular formula is C16H16F5N3O2S. The zero-order valence-corrected chi connectivity index (χ0v) is 14.8. The van der Waals surface area contributed by atoms with Crippen molar-refractivity contribution in [3.05, 3.63) is 46.8 Å². The molecular weight excluding hydrogens is 393 g/mol. The molecule has 1 aromatic heterocycles. The smallest absolute Gasteiger partial charge is 0.267 e. The molecule has 0 saturated heterocycles. The van der Waals surface area contributed by atoms with E-state index in [9.17, 15) is 30.4 Å². The van der Waals surface area contributed by atoms with E-state index in [1.165, 1.54) is 0 Å².